The van der Waals surface area contributed by atoms with E-state index >= 15 is 0 Å². The van der Waals surface area contributed by atoms with Crippen LogP contribution in [0.3, 0.4) is 0 Å². The Morgan fingerprint density at radius 1 is 1.35 bits per heavy atom. The molecule has 0 aliphatic carbocycles. The summed E-state index contributed by atoms with van der Waals surface area (Å²) in [4.78, 5) is 11.8. The number of aromatic nitrogens is 2. The number of methoxy groups -OCH3 is 1. The lowest BCUT2D eigenvalue weighted by molar-refractivity contribution is -0.130. The smallest absolute Gasteiger partial charge is 0.249 e. The Balaban J connectivity index is 1.51. The third-order valence-electron chi connectivity index (χ3n) is 3.66. The van der Waals surface area contributed by atoms with Gasteiger partial charge < -0.3 is 19.2 Å². The van der Waals surface area contributed by atoms with Crippen LogP contribution >= 0.6 is 0 Å². The van der Waals surface area contributed by atoms with Crippen LogP contribution < -0.4 is 10.1 Å². The van der Waals surface area contributed by atoms with Crippen molar-refractivity contribution in [3.8, 4) is 17.2 Å². The van der Waals surface area contributed by atoms with E-state index in [2.05, 4.69) is 15.5 Å². The van der Waals surface area contributed by atoms with E-state index < -0.39 is 0 Å². The fraction of sp³-hybridized carbons (Fsp3) is 0.438. The predicted octanol–water partition coefficient (Wildman–Crippen LogP) is 1.58. The molecule has 0 spiro atoms. The molecule has 7 nitrogen and oxygen atoms in total. The minimum absolute atomic E-state index is 0.0719. The Hall–Kier alpha value is -2.41. The van der Waals surface area contributed by atoms with Gasteiger partial charge in [-0.1, -0.05) is 0 Å². The molecule has 122 valence electrons. The second-order valence-electron chi connectivity index (χ2n) is 5.27. The molecule has 2 aromatic rings. The van der Waals surface area contributed by atoms with Crippen LogP contribution in [0.15, 0.2) is 28.7 Å². The van der Waals surface area contributed by atoms with Gasteiger partial charge in [0.1, 0.15) is 11.9 Å². The average molecular weight is 317 g/mol. The molecule has 1 aliphatic heterocycles. The highest BCUT2D eigenvalue weighted by Crippen LogP contribution is 2.21. The van der Waals surface area contributed by atoms with E-state index in [9.17, 15) is 4.79 Å². The molecule has 0 bridgehead atoms. The van der Waals surface area contributed by atoms with Gasteiger partial charge in [0.25, 0.3) is 0 Å². The van der Waals surface area contributed by atoms with Gasteiger partial charge >= 0.3 is 0 Å². The Bertz CT molecular complexity index is 648. The summed E-state index contributed by atoms with van der Waals surface area (Å²) in [5.41, 5.74) is 0.827. The first kappa shape index (κ1) is 15.5. The molecule has 1 aliphatic rings. The van der Waals surface area contributed by atoms with Gasteiger partial charge in [0.2, 0.25) is 17.7 Å². The van der Waals surface area contributed by atoms with Crippen LogP contribution in [0.2, 0.25) is 0 Å². The van der Waals surface area contributed by atoms with Gasteiger partial charge in [0.05, 0.1) is 7.11 Å². The number of rotatable bonds is 6. The lowest BCUT2D eigenvalue weighted by Crippen LogP contribution is -2.35. The molecule has 0 radical (unpaired) electrons. The minimum atomic E-state index is -0.312. The molecule has 1 aromatic carbocycles. The molecule has 1 amide bonds. The minimum Gasteiger partial charge on any atom is -0.497 e. The third kappa shape index (κ3) is 3.87. The molecule has 23 heavy (non-hydrogen) atoms. The maximum absolute atomic E-state index is 11.8. The van der Waals surface area contributed by atoms with E-state index in [0.29, 0.717) is 31.4 Å². The van der Waals surface area contributed by atoms with Crippen molar-refractivity contribution in [3.63, 3.8) is 0 Å². The summed E-state index contributed by atoms with van der Waals surface area (Å²) in [6.45, 7) is 1.11. The Morgan fingerprint density at radius 3 is 2.87 bits per heavy atom. The maximum atomic E-state index is 11.8. The van der Waals surface area contributed by atoms with E-state index in [-0.39, 0.29) is 12.0 Å². The monoisotopic (exact) mass is 317 g/mol. The lowest BCUT2D eigenvalue weighted by atomic mass is 10.2. The van der Waals surface area contributed by atoms with Crippen molar-refractivity contribution in [3.05, 3.63) is 30.2 Å². The normalized spacial score (nSPS) is 17.2. The highest BCUT2D eigenvalue weighted by molar-refractivity contribution is 5.80. The maximum Gasteiger partial charge on any atom is 0.249 e. The van der Waals surface area contributed by atoms with E-state index in [1.54, 1.807) is 7.11 Å². The first-order chi connectivity index (χ1) is 11.3. The highest BCUT2D eigenvalue weighted by Gasteiger charge is 2.23. The number of hydrogen-bond acceptors (Lipinski definition) is 6. The highest BCUT2D eigenvalue weighted by atomic mass is 16.5. The molecule has 0 saturated carbocycles. The number of ether oxygens (including phenoxy) is 2. The quantitative estimate of drug-likeness (QED) is 0.870. The zero-order valence-electron chi connectivity index (χ0n) is 12.9. The van der Waals surface area contributed by atoms with Gasteiger partial charge in [-0.3, -0.25) is 4.79 Å². The van der Waals surface area contributed by atoms with Crippen molar-refractivity contribution in [1.82, 2.24) is 15.5 Å². The number of amides is 1. The summed E-state index contributed by atoms with van der Waals surface area (Å²) in [7, 11) is 1.62. The topological polar surface area (TPSA) is 86.5 Å². The summed E-state index contributed by atoms with van der Waals surface area (Å²) >= 11 is 0. The Morgan fingerprint density at radius 2 is 2.17 bits per heavy atom. The SMILES string of the molecule is COc1ccc(-c2nnc(CCNC(=O)C3CCCO3)o2)cc1. The first-order valence-electron chi connectivity index (χ1n) is 7.62. The number of nitrogens with one attached hydrogen (secondary N) is 1. The molecule has 2 heterocycles. The Labute approximate surface area is 134 Å². The van der Waals surface area contributed by atoms with Crippen molar-refractivity contribution >= 4 is 5.91 Å². The van der Waals surface area contributed by atoms with Gasteiger partial charge in [0.15, 0.2) is 0 Å². The van der Waals surface area contributed by atoms with Crippen molar-refractivity contribution in [2.45, 2.75) is 25.4 Å². The number of nitrogens with zero attached hydrogens (tertiary/aromatic N) is 2. The van der Waals surface area contributed by atoms with E-state index in [0.717, 1.165) is 24.2 Å². The van der Waals surface area contributed by atoms with Gasteiger partial charge in [0, 0.05) is 25.1 Å². The van der Waals surface area contributed by atoms with Gasteiger partial charge in [-0.2, -0.15) is 0 Å². The summed E-state index contributed by atoms with van der Waals surface area (Å²) in [5.74, 6) is 1.64. The fourth-order valence-electron chi connectivity index (χ4n) is 2.40. The largest absolute Gasteiger partial charge is 0.497 e. The van der Waals surface area contributed by atoms with Crippen molar-refractivity contribution in [2.75, 3.05) is 20.3 Å². The molecule has 7 heteroatoms. The van der Waals surface area contributed by atoms with Gasteiger partial charge in [-0.15, -0.1) is 10.2 Å². The van der Waals surface area contributed by atoms with Crippen LogP contribution in [0.5, 0.6) is 5.75 Å². The zero-order valence-corrected chi connectivity index (χ0v) is 12.9. The van der Waals surface area contributed by atoms with Crippen LogP contribution in [0.4, 0.5) is 0 Å². The summed E-state index contributed by atoms with van der Waals surface area (Å²) in [5, 5.41) is 10.9. The standard InChI is InChI=1S/C16H19N3O4/c1-21-12-6-4-11(5-7-12)16-19-18-14(23-16)8-9-17-15(20)13-3-2-10-22-13/h4-7,13H,2-3,8-10H2,1H3,(H,17,20). The average Bonchev–Trinajstić information content (AvgIpc) is 3.27. The molecule has 1 N–H and O–H groups in total. The van der Waals surface area contributed by atoms with Gasteiger partial charge in [-0.25, -0.2) is 0 Å². The molecule has 1 atom stereocenters. The van der Waals surface area contributed by atoms with Crippen molar-refractivity contribution < 1.29 is 18.7 Å². The fourth-order valence-corrected chi connectivity index (χ4v) is 2.40. The second kappa shape index (κ2) is 7.23. The molecular weight excluding hydrogens is 298 g/mol. The summed E-state index contributed by atoms with van der Waals surface area (Å²) < 4.78 is 16.0. The van der Waals surface area contributed by atoms with Crippen LogP contribution in [0, 0.1) is 0 Å². The molecule has 3 rings (SSSR count). The van der Waals surface area contributed by atoms with Gasteiger partial charge in [-0.05, 0) is 37.1 Å². The summed E-state index contributed by atoms with van der Waals surface area (Å²) in [6.07, 6.45) is 1.90. The molecule has 1 saturated heterocycles. The number of carbonyl (C=O) groups is 1. The van der Waals surface area contributed by atoms with Crippen LogP contribution in [0.1, 0.15) is 18.7 Å². The first-order valence-corrected chi connectivity index (χ1v) is 7.62. The predicted molar refractivity (Wildman–Crippen MR) is 82.0 cm³/mol. The van der Waals surface area contributed by atoms with Crippen LogP contribution in [0.25, 0.3) is 11.5 Å². The van der Waals surface area contributed by atoms with Crippen LogP contribution in [-0.2, 0) is 16.0 Å². The van der Waals surface area contributed by atoms with E-state index in [1.165, 1.54) is 0 Å². The molecule has 1 fully saturated rings. The zero-order chi connectivity index (χ0) is 16.1. The lowest BCUT2D eigenvalue weighted by Gasteiger charge is -2.08. The van der Waals surface area contributed by atoms with Crippen molar-refractivity contribution in [2.24, 2.45) is 0 Å². The van der Waals surface area contributed by atoms with E-state index in [4.69, 9.17) is 13.9 Å². The third-order valence-corrected chi connectivity index (χ3v) is 3.66. The van der Waals surface area contributed by atoms with Crippen molar-refractivity contribution in [1.29, 1.82) is 0 Å². The second-order valence-corrected chi connectivity index (χ2v) is 5.27. The molecular formula is C16H19N3O4. The Kier molecular flexibility index (Phi) is 4.87. The molecule has 1 aromatic heterocycles. The number of carbonyl (C=O) groups excluding carboxylic acids is 1. The summed E-state index contributed by atoms with van der Waals surface area (Å²) in [6, 6.07) is 7.38. The van der Waals surface area contributed by atoms with E-state index in [1.807, 2.05) is 24.3 Å². The van der Waals surface area contributed by atoms with Crippen LogP contribution in [-0.4, -0.2) is 42.5 Å². The number of benzene rings is 1. The molecule has 1 unspecified atom stereocenters. The number of hydrogen-bond donors (Lipinski definition) is 1.